The van der Waals surface area contributed by atoms with Crippen LogP contribution in [-0.4, -0.2) is 26.2 Å². The van der Waals surface area contributed by atoms with Crippen molar-refractivity contribution in [3.63, 3.8) is 0 Å². The Morgan fingerprint density at radius 1 is 1.77 bits per heavy atom. The van der Waals surface area contributed by atoms with E-state index in [9.17, 15) is 4.79 Å². The van der Waals surface area contributed by atoms with Crippen molar-refractivity contribution in [3.8, 4) is 0 Å². The first-order valence-electron chi connectivity index (χ1n) is 3.74. The van der Waals surface area contributed by atoms with E-state index < -0.39 is 7.73 Å². The smallest absolute Gasteiger partial charge is 0.276 e. The first-order chi connectivity index (χ1) is 6.20. The number of carbonyl (C=O) groups is 1. The summed E-state index contributed by atoms with van der Waals surface area (Å²) < 4.78 is 9.74. The average molecular weight is 226 g/mol. The zero-order valence-electron chi connectivity index (χ0n) is 7.46. The van der Waals surface area contributed by atoms with Crippen LogP contribution in [0.25, 0.3) is 0 Å². The summed E-state index contributed by atoms with van der Waals surface area (Å²) in [5, 5.41) is 2.61. The summed E-state index contributed by atoms with van der Waals surface area (Å²) in [7, 11) is 0.210. The molecule has 0 heterocycles. The van der Waals surface area contributed by atoms with Crippen LogP contribution in [0.15, 0.2) is 12.7 Å². The fourth-order valence-corrected chi connectivity index (χ4v) is 1.13. The highest BCUT2D eigenvalue weighted by Crippen LogP contribution is 2.42. The maximum Gasteiger partial charge on any atom is 0.276 e. The van der Waals surface area contributed by atoms with Crippen molar-refractivity contribution in [2.75, 3.05) is 20.3 Å². The Labute approximate surface area is 83.9 Å². The lowest BCUT2D eigenvalue weighted by Crippen LogP contribution is -2.22. The summed E-state index contributed by atoms with van der Waals surface area (Å²) in [5.41, 5.74) is 0. The van der Waals surface area contributed by atoms with Crippen molar-refractivity contribution in [2.24, 2.45) is 0 Å². The van der Waals surface area contributed by atoms with Gasteiger partial charge in [0.1, 0.15) is 0 Å². The summed E-state index contributed by atoms with van der Waals surface area (Å²) in [6.07, 6.45) is 1.93. The van der Waals surface area contributed by atoms with E-state index in [2.05, 4.69) is 11.9 Å². The molecule has 0 aromatic rings. The van der Waals surface area contributed by atoms with Gasteiger partial charge in [-0.3, -0.25) is 4.79 Å². The van der Waals surface area contributed by atoms with Crippen LogP contribution in [0.2, 0.25) is 0 Å². The van der Waals surface area contributed by atoms with Gasteiger partial charge in [-0.25, -0.2) is 0 Å². The molecule has 0 saturated carbocycles. The van der Waals surface area contributed by atoms with Gasteiger partial charge in [-0.05, 0) is 23.7 Å². The quantitative estimate of drug-likeness (QED) is 0.408. The zero-order valence-corrected chi connectivity index (χ0v) is 9.11. The van der Waals surface area contributed by atoms with Crippen LogP contribution < -0.4 is 5.32 Å². The first-order valence-corrected chi connectivity index (χ1v) is 5.82. The van der Waals surface area contributed by atoms with Crippen LogP contribution in [0.3, 0.4) is 0 Å². The molecule has 0 aliphatic rings. The molecule has 1 amide bonds. The van der Waals surface area contributed by atoms with Gasteiger partial charge in [-0.1, -0.05) is 6.58 Å². The Bertz CT molecular complexity index is 168. The van der Waals surface area contributed by atoms with Crippen LogP contribution in [0.4, 0.5) is 0 Å². The Balaban J connectivity index is 3.17. The maximum atomic E-state index is 10.6. The molecule has 76 valence electrons. The molecule has 0 aliphatic carbocycles. The van der Waals surface area contributed by atoms with Crippen LogP contribution in [0, 0.1) is 0 Å². The Hall–Kier alpha value is -0.150. The van der Waals surface area contributed by atoms with Gasteiger partial charge in [0.2, 0.25) is 5.91 Å². The molecule has 0 spiro atoms. The molecule has 6 heteroatoms. The van der Waals surface area contributed by atoms with Crippen molar-refractivity contribution in [1.82, 2.24) is 5.32 Å². The number of nitrogens with one attached hydrogen (secondary N) is 1. The largest absolute Gasteiger partial charge is 0.352 e. The molecule has 0 aromatic carbocycles. The van der Waals surface area contributed by atoms with E-state index in [-0.39, 0.29) is 5.91 Å². The van der Waals surface area contributed by atoms with E-state index in [0.29, 0.717) is 19.6 Å². The van der Waals surface area contributed by atoms with E-state index in [1.165, 1.54) is 13.2 Å². The van der Waals surface area contributed by atoms with Gasteiger partial charge < -0.3 is 14.4 Å². The molecule has 0 bridgehead atoms. The summed E-state index contributed by atoms with van der Waals surface area (Å²) in [6, 6.07) is 0. The summed E-state index contributed by atoms with van der Waals surface area (Å²) in [5.74, 6) is -0.181. The Morgan fingerprint density at radius 2 is 2.46 bits per heavy atom. The van der Waals surface area contributed by atoms with Gasteiger partial charge in [0.05, 0.1) is 6.61 Å². The monoisotopic (exact) mass is 225 g/mol. The minimum atomic E-state index is -1.27. The van der Waals surface area contributed by atoms with E-state index in [1.807, 2.05) is 0 Å². The second-order valence-corrected chi connectivity index (χ2v) is 3.95. The van der Waals surface area contributed by atoms with Crippen molar-refractivity contribution in [1.29, 1.82) is 0 Å². The summed E-state index contributed by atoms with van der Waals surface area (Å²) >= 11 is 5.55. The van der Waals surface area contributed by atoms with Crippen molar-refractivity contribution in [3.05, 3.63) is 12.7 Å². The third-order valence-corrected chi connectivity index (χ3v) is 2.52. The van der Waals surface area contributed by atoms with Gasteiger partial charge in [0.25, 0.3) is 7.73 Å². The Morgan fingerprint density at radius 3 is 3.00 bits per heavy atom. The SMILES string of the molecule is C=CC(=O)NCCCOP(Cl)OC. The molecule has 0 saturated heterocycles. The number of hydrogen-bond donors (Lipinski definition) is 1. The molecule has 4 nitrogen and oxygen atoms in total. The second-order valence-electron chi connectivity index (χ2n) is 2.08. The average Bonchev–Trinajstić information content (AvgIpc) is 2.16. The molecule has 0 aromatic heterocycles. The first kappa shape index (κ1) is 12.8. The minimum Gasteiger partial charge on any atom is -0.352 e. The van der Waals surface area contributed by atoms with Crippen LogP contribution in [0.1, 0.15) is 6.42 Å². The third-order valence-electron chi connectivity index (χ3n) is 1.14. The normalized spacial score (nSPS) is 12.2. The lowest BCUT2D eigenvalue weighted by atomic mass is 10.4. The van der Waals surface area contributed by atoms with Gasteiger partial charge in [-0.15, -0.1) is 0 Å². The second kappa shape index (κ2) is 8.45. The van der Waals surface area contributed by atoms with Crippen LogP contribution >= 0.6 is 19.0 Å². The Kier molecular flexibility index (Phi) is 8.35. The van der Waals surface area contributed by atoms with Gasteiger partial charge >= 0.3 is 0 Å². The lowest BCUT2D eigenvalue weighted by molar-refractivity contribution is -0.116. The topological polar surface area (TPSA) is 47.6 Å². The highest BCUT2D eigenvalue weighted by molar-refractivity contribution is 7.76. The van der Waals surface area contributed by atoms with Gasteiger partial charge in [-0.2, -0.15) is 0 Å². The van der Waals surface area contributed by atoms with Crippen LogP contribution in [-0.2, 0) is 13.8 Å². The van der Waals surface area contributed by atoms with Crippen molar-refractivity contribution >= 4 is 24.9 Å². The van der Waals surface area contributed by atoms with Crippen molar-refractivity contribution in [2.45, 2.75) is 6.42 Å². The fourth-order valence-electron chi connectivity index (χ4n) is 0.545. The molecule has 0 radical (unpaired) electrons. The molecule has 0 rings (SSSR count). The molecular formula is C7H13ClNO3P. The number of halogens is 1. The molecule has 1 unspecified atom stereocenters. The molecular weight excluding hydrogens is 213 g/mol. The van der Waals surface area contributed by atoms with E-state index >= 15 is 0 Å². The predicted molar refractivity (Wildman–Crippen MR) is 53.6 cm³/mol. The number of rotatable bonds is 7. The standard InChI is InChI=1S/C7H13ClNO3P/c1-3-7(10)9-5-4-6-12-13(8)11-2/h3H,1,4-6H2,2H3,(H,9,10). The van der Waals surface area contributed by atoms with E-state index in [4.69, 9.17) is 20.3 Å². The molecule has 13 heavy (non-hydrogen) atoms. The van der Waals surface area contributed by atoms with Gasteiger partial charge in [0, 0.05) is 13.7 Å². The predicted octanol–water partition coefficient (Wildman–Crippen LogP) is 1.81. The summed E-state index contributed by atoms with van der Waals surface area (Å²) in [6.45, 7) is 4.34. The number of hydrogen-bond acceptors (Lipinski definition) is 3. The van der Waals surface area contributed by atoms with Crippen LogP contribution in [0.5, 0.6) is 0 Å². The number of carbonyl (C=O) groups excluding carboxylic acids is 1. The highest BCUT2D eigenvalue weighted by Gasteiger charge is 2.01. The van der Waals surface area contributed by atoms with Gasteiger partial charge in [0.15, 0.2) is 0 Å². The number of amides is 1. The van der Waals surface area contributed by atoms with E-state index in [0.717, 1.165) is 0 Å². The minimum absolute atomic E-state index is 0.181. The molecule has 0 fully saturated rings. The zero-order chi connectivity index (χ0) is 10.1. The highest BCUT2D eigenvalue weighted by atomic mass is 35.7. The molecule has 1 atom stereocenters. The van der Waals surface area contributed by atoms with Crippen molar-refractivity contribution < 1.29 is 13.8 Å². The fraction of sp³-hybridized carbons (Fsp3) is 0.571. The molecule has 1 N–H and O–H groups in total. The maximum absolute atomic E-state index is 10.6. The third kappa shape index (κ3) is 8.19. The molecule has 0 aliphatic heterocycles. The summed E-state index contributed by atoms with van der Waals surface area (Å²) in [4.78, 5) is 10.6. The lowest BCUT2D eigenvalue weighted by Gasteiger charge is -2.06. The van der Waals surface area contributed by atoms with E-state index in [1.54, 1.807) is 0 Å².